The largest absolute Gasteiger partial charge is 0.269 e. The zero-order chi connectivity index (χ0) is 20.7. The molecule has 150 valence electrons. The van der Waals surface area contributed by atoms with Crippen LogP contribution in [0.5, 0.6) is 0 Å². The molecule has 2 N–H and O–H groups in total. The normalized spacial score (nSPS) is 12.7. The Balaban J connectivity index is 1.61. The highest BCUT2D eigenvalue weighted by Crippen LogP contribution is 2.35. The lowest BCUT2D eigenvalue weighted by Crippen LogP contribution is -2.34. The summed E-state index contributed by atoms with van der Waals surface area (Å²) in [7, 11) is 0. The third-order valence-corrected chi connectivity index (χ3v) is 6.54. The molecule has 5 rings (SSSR count). The molecule has 0 bridgehead atoms. The number of aromatic nitrogens is 2. The van der Waals surface area contributed by atoms with E-state index in [0.717, 1.165) is 30.4 Å². The summed E-state index contributed by atoms with van der Waals surface area (Å²) in [6.07, 6.45) is 2.99. The summed E-state index contributed by atoms with van der Waals surface area (Å²) < 4.78 is 1.54. The van der Waals surface area contributed by atoms with Crippen LogP contribution in [0.1, 0.15) is 32.8 Å². The number of nitrogens with zero attached hydrogens (tertiary/aromatic N) is 2. The van der Waals surface area contributed by atoms with Crippen LogP contribution in [0.3, 0.4) is 0 Å². The number of nitrogens with one attached hydrogen (secondary N) is 2. The molecular formula is C23H20N4O2S. The molecule has 2 heterocycles. The van der Waals surface area contributed by atoms with Crippen molar-refractivity contribution in [1.82, 2.24) is 15.0 Å². The van der Waals surface area contributed by atoms with Gasteiger partial charge >= 0.3 is 0 Å². The fourth-order valence-corrected chi connectivity index (χ4v) is 5.09. The summed E-state index contributed by atoms with van der Waals surface area (Å²) in [6.45, 7) is 2.00. The van der Waals surface area contributed by atoms with Crippen LogP contribution in [-0.4, -0.2) is 15.5 Å². The third kappa shape index (κ3) is 3.17. The Labute approximate surface area is 177 Å². The molecule has 0 atom stereocenters. The van der Waals surface area contributed by atoms with Crippen molar-refractivity contribution in [3.63, 3.8) is 0 Å². The maximum absolute atomic E-state index is 13.5. The number of amides is 1. The van der Waals surface area contributed by atoms with Crippen LogP contribution in [0.2, 0.25) is 0 Å². The minimum absolute atomic E-state index is 0.111. The second-order valence-electron chi connectivity index (χ2n) is 7.39. The first-order valence-corrected chi connectivity index (χ1v) is 10.7. The number of thiophene rings is 1. The SMILES string of the molecule is Cc1ccc(-n2c(NNC(=O)c3ccccc3)nc3sc4c(c3c2=O)CCC4)cc1. The molecule has 0 fully saturated rings. The van der Waals surface area contributed by atoms with Crippen LogP contribution in [-0.2, 0) is 12.8 Å². The number of hydrogen-bond donors (Lipinski definition) is 2. The highest BCUT2D eigenvalue weighted by atomic mass is 32.1. The van der Waals surface area contributed by atoms with Gasteiger partial charge in [0.1, 0.15) is 4.83 Å². The first kappa shape index (κ1) is 18.6. The highest BCUT2D eigenvalue weighted by Gasteiger charge is 2.24. The monoisotopic (exact) mass is 416 g/mol. The molecule has 0 aliphatic heterocycles. The number of carbonyl (C=O) groups is 1. The van der Waals surface area contributed by atoms with Gasteiger partial charge in [-0.3, -0.25) is 20.4 Å². The van der Waals surface area contributed by atoms with Gasteiger partial charge in [-0.1, -0.05) is 35.9 Å². The zero-order valence-electron chi connectivity index (χ0n) is 16.4. The summed E-state index contributed by atoms with van der Waals surface area (Å²) in [5.41, 5.74) is 8.90. The summed E-state index contributed by atoms with van der Waals surface area (Å²) >= 11 is 1.57. The van der Waals surface area contributed by atoms with Gasteiger partial charge in [-0.15, -0.1) is 11.3 Å². The topological polar surface area (TPSA) is 76.0 Å². The van der Waals surface area contributed by atoms with Crippen molar-refractivity contribution < 1.29 is 4.79 Å². The van der Waals surface area contributed by atoms with E-state index in [1.54, 1.807) is 40.2 Å². The van der Waals surface area contributed by atoms with Gasteiger partial charge in [-0.2, -0.15) is 0 Å². The number of rotatable bonds is 4. The minimum atomic E-state index is -0.297. The number of aryl methyl sites for hydroxylation is 3. The molecule has 30 heavy (non-hydrogen) atoms. The summed E-state index contributed by atoms with van der Waals surface area (Å²) in [4.78, 5) is 32.7. The van der Waals surface area contributed by atoms with Crippen LogP contribution < -0.4 is 16.4 Å². The first-order valence-electron chi connectivity index (χ1n) is 9.87. The number of carbonyl (C=O) groups excluding carboxylic acids is 1. The van der Waals surface area contributed by atoms with Crippen LogP contribution >= 0.6 is 11.3 Å². The van der Waals surface area contributed by atoms with Crippen LogP contribution in [0.4, 0.5) is 5.95 Å². The molecule has 7 heteroatoms. The first-order chi connectivity index (χ1) is 14.6. The van der Waals surface area contributed by atoms with Crippen molar-refractivity contribution in [2.24, 2.45) is 0 Å². The van der Waals surface area contributed by atoms with E-state index in [-0.39, 0.29) is 11.5 Å². The van der Waals surface area contributed by atoms with E-state index < -0.39 is 0 Å². The van der Waals surface area contributed by atoms with Crippen molar-refractivity contribution in [2.75, 3.05) is 5.43 Å². The second kappa shape index (κ2) is 7.42. The Morgan fingerprint density at radius 2 is 1.83 bits per heavy atom. The number of anilines is 1. The van der Waals surface area contributed by atoms with Crippen molar-refractivity contribution in [3.8, 4) is 5.69 Å². The standard InChI is InChI=1S/C23H20N4O2S/c1-14-10-12-16(13-11-14)27-22(29)19-17-8-5-9-18(17)30-21(19)24-23(27)26-25-20(28)15-6-3-2-4-7-15/h2-4,6-7,10-13H,5,8-9H2,1H3,(H,24,26)(H,25,28). The Morgan fingerprint density at radius 3 is 2.60 bits per heavy atom. The predicted molar refractivity (Wildman–Crippen MR) is 120 cm³/mol. The van der Waals surface area contributed by atoms with Gasteiger partial charge in [-0.25, -0.2) is 9.55 Å². The highest BCUT2D eigenvalue weighted by molar-refractivity contribution is 7.18. The van der Waals surface area contributed by atoms with Gasteiger partial charge in [-0.05, 0) is 56.0 Å². The Hall–Kier alpha value is -3.45. The maximum Gasteiger partial charge on any atom is 0.269 e. The van der Waals surface area contributed by atoms with E-state index in [1.807, 2.05) is 37.3 Å². The lowest BCUT2D eigenvalue weighted by Gasteiger charge is -2.15. The third-order valence-electron chi connectivity index (χ3n) is 5.35. The fraction of sp³-hybridized carbons (Fsp3) is 0.174. The van der Waals surface area contributed by atoms with Crippen molar-refractivity contribution in [1.29, 1.82) is 0 Å². The summed E-state index contributed by atoms with van der Waals surface area (Å²) in [5.74, 6) is -0.00497. The summed E-state index contributed by atoms with van der Waals surface area (Å²) in [6, 6.07) is 16.6. The van der Waals surface area contributed by atoms with E-state index in [0.29, 0.717) is 27.4 Å². The van der Waals surface area contributed by atoms with E-state index in [1.165, 1.54) is 4.88 Å². The molecule has 2 aromatic heterocycles. The van der Waals surface area contributed by atoms with Crippen LogP contribution in [0, 0.1) is 6.92 Å². The number of fused-ring (bicyclic) bond motifs is 3. The van der Waals surface area contributed by atoms with Crippen molar-refractivity contribution in [3.05, 3.63) is 86.5 Å². The van der Waals surface area contributed by atoms with E-state index >= 15 is 0 Å². The number of hydrogen-bond acceptors (Lipinski definition) is 5. The lowest BCUT2D eigenvalue weighted by atomic mass is 10.2. The van der Waals surface area contributed by atoms with Gasteiger partial charge in [0.15, 0.2) is 0 Å². The maximum atomic E-state index is 13.5. The van der Waals surface area contributed by atoms with Gasteiger partial charge in [0.05, 0.1) is 11.1 Å². The summed E-state index contributed by atoms with van der Waals surface area (Å²) in [5, 5.41) is 0.702. The minimum Gasteiger partial charge on any atom is -0.268 e. The van der Waals surface area contributed by atoms with Crippen LogP contribution in [0.25, 0.3) is 15.9 Å². The van der Waals surface area contributed by atoms with Crippen LogP contribution in [0.15, 0.2) is 59.4 Å². The molecule has 1 aliphatic carbocycles. The predicted octanol–water partition coefficient (Wildman–Crippen LogP) is 4.00. The lowest BCUT2D eigenvalue weighted by molar-refractivity contribution is 0.0962. The molecule has 0 unspecified atom stereocenters. The quantitative estimate of drug-likeness (QED) is 0.493. The molecule has 1 aliphatic rings. The van der Waals surface area contributed by atoms with Gasteiger partial charge < -0.3 is 0 Å². The number of hydrazine groups is 1. The number of benzene rings is 2. The molecule has 0 radical (unpaired) electrons. The van der Waals surface area contributed by atoms with Crippen molar-refractivity contribution in [2.45, 2.75) is 26.2 Å². The Kier molecular flexibility index (Phi) is 4.59. The molecule has 2 aromatic carbocycles. The zero-order valence-corrected chi connectivity index (χ0v) is 17.3. The Morgan fingerprint density at radius 1 is 1.07 bits per heavy atom. The van der Waals surface area contributed by atoms with Gasteiger partial charge in [0, 0.05) is 10.4 Å². The van der Waals surface area contributed by atoms with E-state index in [9.17, 15) is 9.59 Å². The molecule has 4 aromatic rings. The van der Waals surface area contributed by atoms with Gasteiger partial charge in [0.25, 0.3) is 11.5 Å². The average Bonchev–Trinajstić information content (AvgIpc) is 3.34. The molecule has 0 spiro atoms. The molecule has 0 saturated carbocycles. The fourth-order valence-electron chi connectivity index (χ4n) is 3.83. The molecule has 1 amide bonds. The molecule has 6 nitrogen and oxygen atoms in total. The van der Waals surface area contributed by atoms with Gasteiger partial charge in [0.2, 0.25) is 5.95 Å². The Bertz CT molecular complexity index is 1310. The van der Waals surface area contributed by atoms with E-state index in [2.05, 4.69) is 10.9 Å². The smallest absolute Gasteiger partial charge is 0.268 e. The second-order valence-corrected chi connectivity index (χ2v) is 8.48. The van der Waals surface area contributed by atoms with E-state index in [4.69, 9.17) is 4.98 Å². The molecule has 0 saturated heterocycles. The van der Waals surface area contributed by atoms with Crippen molar-refractivity contribution >= 4 is 33.4 Å². The average molecular weight is 417 g/mol. The molecular weight excluding hydrogens is 396 g/mol.